The molecule has 0 unspecified atom stereocenters. The lowest BCUT2D eigenvalue weighted by Crippen LogP contribution is -2.47. The first kappa shape index (κ1) is 17.6. The highest BCUT2D eigenvalue weighted by molar-refractivity contribution is 6.30. The first-order valence-electron chi connectivity index (χ1n) is 7.34. The molecule has 3 nitrogen and oxygen atoms in total. The van der Waals surface area contributed by atoms with Gasteiger partial charge in [-0.2, -0.15) is 0 Å². The molecule has 0 aromatic heterocycles. The second-order valence-corrected chi connectivity index (χ2v) is 6.57. The van der Waals surface area contributed by atoms with Gasteiger partial charge in [-0.25, -0.2) is 0 Å². The average molecular weight is 352 g/mol. The average Bonchev–Trinajstić information content (AvgIpc) is 2.51. The summed E-state index contributed by atoms with van der Waals surface area (Å²) in [5, 5.41) is 4.23. The highest BCUT2D eigenvalue weighted by atomic mass is 35.5. The lowest BCUT2D eigenvalue weighted by atomic mass is 10.1. The second-order valence-electron chi connectivity index (χ2n) is 5.70. The van der Waals surface area contributed by atoms with E-state index in [-0.39, 0.29) is 5.91 Å². The van der Waals surface area contributed by atoms with Crippen molar-refractivity contribution in [1.29, 1.82) is 0 Å². The highest BCUT2D eigenvalue weighted by Crippen LogP contribution is 2.21. The van der Waals surface area contributed by atoms with Crippen molar-refractivity contribution in [3.05, 3.63) is 64.1 Å². The molecule has 1 N–H and O–H groups in total. The maximum Gasteiger partial charge on any atom is 0.263 e. The molecule has 2 rings (SSSR count). The van der Waals surface area contributed by atoms with Crippen molar-refractivity contribution in [2.24, 2.45) is 0 Å². The highest BCUT2D eigenvalue weighted by Gasteiger charge is 2.29. The summed E-state index contributed by atoms with van der Waals surface area (Å²) in [5.74, 6) is 0.439. The van der Waals surface area contributed by atoms with E-state index in [0.29, 0.717) is 22.3 Å². The first-order chi connectivity index (χ1) is 10.9. The molecule has 23 heavy (non-hydrogen) atoms. The van der Waals surface area contributed by atoms with Gasteiger partial charge in [-0.1, -0.05) is 35.3 Å². The van der Waals surface area contributed by atoms with E-state index in [2.05, 4.69) is 5.32 Å². The van der Waals surface area contributed by atoms with Gasteiger partial charge < -0.3 is 10.1 Å². The van der Waals surface area contributed by atoms with Crippen LogP contribution >= 0.6 is 23.2 Å². The quantitative estimate of drug-likeness (QED) is 0.831. The Balaban J connectivity index is 1.85. The van der Waals surface area contributed by atoms with E-state index < -0.39 is 5.60 Å². The van der Waals surface area contributed by atoms with Crippen LogP contribution in [0.2, 0.25) is 10.0 Å². The predicted octanol–water partition coefficient (Wildman–Crippen LogP) is 4.51. The maximum atomic E-state index is 12.3. The van der Waals surface area contributed by atoms with Crippen LogP contribution < -0.4 is 10.1 Å². The van der Waals surface area contributed by atoms with Gasteiger partial charge in [0.15, 0.2) is 5.60 Å². The van der Waals surface area contributed by atoms with Gasteiger partial charge in [0, 0.05) is 16.6 Å². The first-order valence-corrected chi connectivity index (χ1v) is 8.10. The largest absolute Gasteiger partial charge is 0.478 e. The number of ether oxygens (including phenoxy) is 1. The van der Waals surface area contributed by atoms with E-state index >= 15 is 0 Å². The van der Waals surface area contributed by atoms with Gasteiger partial charge in [-0.05, 0) is 62.2 Å². The van der Waals surface area contributed by atoms with Gasteiger partial charge in [0.1, 0.15) is 5.75 Å². The molecule has 0 aliphatic rings. The van der Waals surface area contributed by atoms with Crippen molar-refractivity contribution in [1.82, 2.24) is 5.32 Å². The van der Waals surface area contributed by atoms with Gasteiger partial charge in [-0.3, -0.25) is 4.79 Å². The minimum Gasteiger partial charge on any atom is -0.478 e. The fraction of sp³-hybridized carbons (Fsp3) is 0.278. The van der Waals surface area contributed by atoms with Crippen molar-refractivity contribution in [3.63, 3.8) is 0 Å². The zero-order chi connectivity index (χ0) is 16.9. The van der Waals surface area contributed by atoms with Crippen LogP contribution in [0.5, 0.6) is 5.75 Å². The van der Waals surface area contributed by atoms with E-state index in [1.54, 1.807) is 38.1 Å². The number of rotatable bonds is 6. The predicted molar refractivity (Wildman–Crippen MR) is 94.3 cm³/mol. The van der Waals surface area contributed by atoms with E-state index in [1.807, 2.05) is 24.3 Å². The number of hydrogen-bond acceptors (Lipinski definition) is 2. The van der Waals surface area contributed by atoms with Crippen LogP contribution in [0.3, 0.4) is 0 Å². The molecule has 0 fully saturated rings. The lowest BCUT2D eigenvalue weighted by molar-refractivity contribution is -0.134. The zero-order valence-corrected chi connectivity index (χ0v) is 14.6. The van der Waals surface area contributed by atoms with Crippen molar-refractivity contribution < 1.29 is 9.53 Å². The summed E-state index contributed by atoms with van der Waals surface area (Å²) in [5.41, 5.74) is 0.152. The smallest absolute Gasteiger partial charge is 0.263 e. The Labute approximate surface area is 146 Å². The Morgan fingerprint density at radius 3 is 2.09 bits per heavy atom. The summed E-state index contributed by atoms with van der Waals surface area (Å²) < 4.78 is 5.75. The summed E-state index contributed by atoms with van der Waals surface area (Å²) in [6, 6.07) is 14.5. The third-order valence-corrected chi connectivity index (χ3v) is 3.85. The Hall–Kier alpha value is -1.71. The molecule has 122 valence electrons. The number of carbonyl (C=O) groups excluding carboxylic acids is 1. The Morgan fingerprint density at radius 2 is 1.52 bits per heavy atom. The molecule has 0 radical (unpaired) electrons. The summed E-state index contributed by atoms with van der Waals surface area (Å²) in [6.07, 6.45) is 0.736. The van der Waals surface area contributed by atoms with Crippen LogP contribution in [0, 0.1) is 0 Å². The summed E-state index contributed by atoms with van der Waals surface area (Å²) in [6.45, 7) is 4.01. The molecule has 0 saturated heterocycles. The SMILES string of the molecule is CC(C)(Oc1ccc(Cl)cc1)C(=O)NCCc1ccc(Cl)cc1. The van der Waals surface area contributed by atoms with Crippen LogP contribution in [0.4, 0.5) is 0 Å². The van der Waals surface area contributed by atoms with Gasteiger partial charge in [0.25, 0.3) is 5.91 Å². The zero-order valence-electron chi connectivity index (χ0n) is 13.1. The third-order valence-electron chi connectivity index (χ3n) is 3.35. The molecule has 5 heteroatoms. The molecule has 1 amide bonds. The minimum atomic E-state index is -0.964. The summed E-state index contributed by atoms with van der Waals surface area (Å²) in [7, 11) is 0. The second kappa shape index (κ2) is 7.71. The molecule has 2 aromatic carbocycles. The molecule has 0 atom stereocenters. The Morgan fingerprint density at radius 1 is 1.00 bits per heavy atom. The van der Waals surface area contributed by atoms with Crippen molar-refractivity contribution in [2.45, 2.75) is 25.9 Å². The van der Waals surface area contributed by atoms with Gasteiger partial charge >= 0.3 is 0 Å². The summed E-state index contributed by atoms with van der Waals surface area (Å²) in [4.78, 5) is 12.3. The topological polar surface area (TPSA) is 38.3 Å². The fourth-order valence-electron chi connectivity index (χ4n) is 2.03. The summed E-state index contributed by atoms with van der Waals surface area (Å²) >= 11 is 11.7. The van der Waals surface area contributed by atoms with Gasteiger partial charge in [0.2, 0.25) is 0 Å². The van der Waals surface area contributed by atoms with Crippen molar-refractivity contribution in [2.75, 3.05) is 6.54 Å². The van der Waals surface area contributed by atoms with Crippen molar-refractivity contribution >= 4 is 29.1 Å². The van der Waals surface area contributed by atoms with Crippen molar-refractivity contribution in [3.8, 4) is 5.75 Å². The molecular weight excluding hydrogens is 333 g/mol. The molecule has 0 aliphatic heterocycles. The number of nitrogens with one attached hydrogen (secondary N) is 1. The standard InChI is InChI=1S/C18H19Cl2NO2/c1-18(2,23-16-9-7-15(20)8-10-16)17(22)21-12-11-13-3-5-14(19)6-4-13/h3-10H,11-12H2,1-2H3,(H,21,22). The van der Waals surface area contributed by atoms with E-state index in [0.717, 1.165) is 12.0 Å². The van der Waals surface area contributed by atoms with Crippen LogP contribution in [0.25, 0.3) is 0 Å². The van der Waals surface area contributed by atoms with Crippen LogP contribution in [-0.4, -0.2) is 18.1 Å². The van der Waals surface area contributed by atoms with Crippen LogP contribution in [-0.2, 0) is 11.2 Å². The Kier molecular flexibility index (Phi) is 5.91. The van der Waals surface area contributed by atoms with Crippen LogP contribution in [0.1, 0.15) is 19.4 Å². The molecule has 0 saturated carbocycles. The van der Waals surface area contributed by atoms with Gasteiger partial charge in [0.05, 0.1) is 0 Å². The molecule has 0 heterocycles. The monoisotopic (exact) mass is 351 g/mol. The van der Waals surface area contributed by atoms with E-state index in [9.17, 15) is 4.79 Å². The number of halogens is 2. The number of hydrogen-bond donors (Lipinski definition) is 1. The van der Waals surface area contributed by atoms with E-state index in [4.69, 9.17) is 27.9 Å². The Bertz CT molecular complexity index is 652. The number of amides is 1. The molecule has 2 aromatic rings. The number of carbonyl (C=O) groups is 1. The molecule has 0 aliphatic carbocycles. The maximum absolute atomic E-state index is 12.3. The molecule has 0 spiro atoms. The fourth-order valence-corrected chi connectivity index (χ4v) is 2.28. The lowest BCUT2D eigenvalue weighted by Gasteiger charge is -2.25. The molecular formula is C18H19Cl2NO2. The number of benzene rings is 2. The van der Waals surface area contributed by atoms with Gasteiger partial charge in [-0.15, -0.1) is 0 Å². The minimum absolute atomic E-state index is 0.165. The molecule has 0 bridgehead atoms. The van der Waals surface area contributed by atoms with E-state index in [1.165, 1.54) is 0 Å². The van der Waals surface area contributed by atoms with Crippen LogP contribution in [0.15, 0.2) is 48.5 Å². The third kappa shape index (κ3) is 5.45. The normalized spacial score (nSPS) is 11.1.